The van der Waals surface area contributed by atoms with E-state index in [4.69, 9.17) is 9.84 Å². The fourth-order valence-electron chi connectivity index (χ4n) is 1.27. The summed E-state index contributed by atoms with van der Waals surface area (Å²) >= 11 is 0. The maximum absolute atomic E-state index is 11.3. The normalized spacial score (nSPS) is 11.9. The van der Waals surface area contributed by atoms with Gasteiger partial charge in [-0.2, -0.15) is 0 Å². The molecule has 0 bridgehead atoms. The van der Waals surface area contributed by atoms with Crippen molar-refractivity contribution in [3.8, 4) is 0 Å². The second kappa shape index (κ2) is 8.96. The van der Waals surface area contributed by atoms with Crippen LogP contribution in [-0.2, 0) is 9.53 Å². The molecule has 0 saturated carbocycles. The lowest BCUT2D eigenvalue weighted by Gasteiger charge is -2.17. The average Bonchev–Trinajstić information content (AvgIpc) is 2.17. The van der Waals surface area contributed by atoms with Gasteiger partial charge in [-0.1, -0.05) is 13.3 Å². The molecule has 0 spiro atoms. The predicted octanol–water partition coefficient (Wildman–Crippen LogP) is 0.575. The molecule has 0 aromatic heterocycles. The van der Waals surface area contributed by atoms with Crippen LogP contribution < -0.4 is 10.6 Å². The molecule has 16 heavy (non-hydrogen) atoms. The topological polar surface area (TPSA) is 87.7 Å². The minimum Gasteiger partial charge on any atom is -0.481 e. The molecule has 0 saturated heterocycles. The second-order valence-electron chi connectivity index (χ2n) is 3.48. The van der Waals surface area contributed by atoms with Crippen LogP contribution in [0.15, 0.2) is 0 Å². The van der Waals surface area contributed by atoms with Gasteiger partial charge in [-0.15, -0.1) is 0 Å². The van der Waals surface area contributed by atoms with Crippen LogP contribution in [0.4, 0.5) is 4.79 Å². The number of carboxylic acid groups (broad SMARTS) is 1. The van der Waals surface area contributed by atoms with Crippen LogP contribution in [0.1, 0.15) is 26.2 Å². The molecular weight excluding hydrogens is 212 g/mol. The van der Waals surface area contributed by atoms with E-state index < -0.39 is 5.97 Å². The van der Waals surface area contributed by atoms with Crippen LogP contribution in [0, 0.1) is 0 Å². The highest BCUT2D eigenvalue weighted by atomic mass is 16.5. The molecule has 0 rings (SSSR count). The molecule has 0 aromatic rings. The summed E-state index contributed by atoms with van der Waals surface area (Å²) in [7, 11) is 1.58. The van der Waals surface area contributed by atoms with Crippen LogP contribution in [0.3, 0.4) is 0 Å². The number of amides is 2. The fourth-order valence-corrected chi connectivity index (χ4v) is 1.27. The first-order valence-electron chi connectivity index (χ1n) is 5.35. The van der Waals surface area contributed by atoms with Gasteiger partial charge in [0.2, 0.25) is 0 Å². The molecule has 0 aromatic carbocycles. The number of urea groups is 1. The van der Waals surface area contributed by atoms with E-state index in [-0.39, 0.29) is 25.0 Å². The molecule has 2 amide bonds. The van der Waals surface area contributed by atoms with E-state index >= 15 is 0 Å². The van der Waals surface area contributed by atoms with Crippen molar-refractivity contribution in [3.63, 3.8) is 0 Å². The van der Waals surface area contributed by atoms with Crippen molar-refractivity contribution in [2.75, 3.05) is 20.3 Å². The summed E-state index contributed by atoms with van der Waals surface area (Å²) in [5.41, 5.74) is 0. The van der Waals surface area contributed by atoms with Gasteiger partial charge in [0, 0.05) is 13.7 Å². The summed E-state index contributed by atoms with van der Waals surface area (Å²) in [6.07, 6.45) is 1.71. The van der Waals surface area contributed by atoms with Gasteiger partial charge >= 0.3 is 12.0 Å². The van der Waals surface area contributed by atoms with Gasteiger partial charge in [0.15, 0.2) is 0 Å². The molecule has 0 fully saturated rings. The number of nitrogens with one attached hydrogen (secondary N) is 2. The number of rotatable bonds is 8. The third-order valence-corrected chi connectivity index (χ3v) is 1.96. The quantitative estimate of drug-likeness (QED) is 0.571. The summed E-state index contributed by atoms with van der Waals surface area (Å²) in [5.74, 6) is -0.928. The van der Waals surface area contributed by atoms with Crippen LogP contribution in [0.2, 0.25) is 0 Å². The molecule has 94 valence electrons. The van der Waals surface area contributed by atoms with Gasteiger partial charge in [-0.25, -0.2) is 4.79 Å². The number of carboxylic acids is 1. The Labute approximate surface area is 95.4 Å². The van der Waals surface area contributed by atoms with Crippen molar-refractivity contribution in [2.45, 2.75) is 32.2 Å². The Morgan fingerprint density at radius 3 is 2.62 bits per heavy atom. The molecule has 0 radical (unpaired) electrons. The van der Waals surface area contributed by atoms with E-state index in [0.717, 1.165) is 12.8 Å². The number of hydrogen-bond acceptors (Lipinski definition) is 3. The molecule has 0 aliphatic heterocycles. The van der Waals surface area contributed by atoms with Gasteiger partial charge in [-0.3, -0.25) is 4.79 Å². The van der Waals surface area contributed by atoms with Crippen LogP contribution in [0.25, 0.3) is 0 Å². The Morgan fingerprint density at radius 2 is 2.12 bits per heavy atom. The fraction of sp³-hybridized carbons (Fsp3) is 0.800. The van der Waals surface area contributed by atoms with Crippen LogP contribution >= 0.6 is 0 Å². The summed E-state index contributed by atoms with van der Waals surface area (Å²) < 4.78 is 4.96. The second-order valence-corrected chi connectivity index (χ2v) is 3.48. The van der Waals surface area contributed by atoms with Gasteiger partial charge in [0.1, 0.15) is 0 Å². The lowest BCUT2D eigenvalue weighted by atomic mass is 10.2. The molecule has 6 heteroatoms. The minimum absolute atomic E-state index is 0.0279. The zero-order chi connectivity index (χ0) is 12.4. The highest BCUT2D eigenvalue weighted by Crippen LogP contribution is 1.96. The SMILES string of the molecule is CCCC(COC)NC(=O)NCCC(=O)O. The van der Waals surface area contributed by atoms with Crippen molar-refractivity contribution in [3.05, 3.63) is 0 Å². The number of carbonyl (C=O) groups excluding carboxylic acids is 1. The zero-order valence-corrected chi connectivity index (χ0v) is 9.78. The monoisotopic (exact) mass is 232 g/mol. The number of methoxy groups -OCH3 is 1. The number of carbonyl (C=O) groups is 2. The van der Waals surface area contributed by atoms with Gasteiger partial charge in [-0.05, 0) is 6.42 Å². The Balaban J connectivity index is 3.76. The van der Waals surface area contributed by atoms with E-state index in [9.17, 15) is 9.59 Å². The number of aliphatic carboxylic acids is 1. The van der Waals surface area contributed by atoms with E-state index in [1.807, 2.05) is 6.92 Å². The molecule has 0 heterocycles. The summed E-state index contributed by atoms with van der Waals surface area (Å²) in [6, 6.07) is -0.378. The Hall–Kier alpha value is -1.30. The van der Waals surface area contributed by atoms with E-state index in [2.05, 4.69) is 10.6 Å². The van der Waals surface area contributed by atoms with Crippen molar-refractivity contribution in [1.29, 1.82) is 0 Å². The zero-order valence-electron chi connectivity index (χ0n) is 9.78. The predicted molar refractivity (Wildman–Crippen MR) is 59.4 cm³/mol. The molecule has 0 aliphatic carbocycles. The molecule has 3 N–H and O–H groups in total. The maximum Gasteiger partial charge on any atom is 0.315 e. The highest BCUT2D eigenvalue weighted by molar-refractivity contribution is 5.75. The largest absolute Gasteiger partial charge is 0.481 e. The Bertz CT molecular complexity index is 215. The number of ether oxygens (including phenoxy) is 1. The third-order valence-electron chi connectivity index (χ3n) is 1.96. The Kier molecular flexibility index (Phi) is 8.24. The highest BCUT2D eigenvalue weighted by Gasteiger charge is 2.10. The van der Waals surface area contributed by atoms with Crippen molar-refractivity contribution in [2.24, 2.45) is 0 Å². The lowest BCUT2D eigenvalue weighted by molar-refractivity contribution is -0.136. The van der Waals surface area contributed by atoms with E-state index in [1.165, 1.54) is 0 Å². The first kappa shape index (κ1) is 14.7. The summed E-state index contributed by atoms with van der Waals surface area (Å²) in [5, 5.41) is 13.6. The lowest BCUT2D eigenvalue weighted by Crippen LogP contribution is -2.44. The van der Waals surface area contributed by atoms with E-state index in [1.54, 1.807) is 7.11 Å². The van der Waals surface area contributed by atoms with Gasteiger partial charge in [0.05, 0.1) is 19.1 Å². The molecule has 0 aliphatic rings. The number of hydrogen-bond donors (Lipinski definition) is 3. The summed E-state index contributed by atoms with van der Waals surface area (Å²) in [6.45, 7) is 2.61. The smallest absolute Gasteiger partial charge is 0.315 e. The minimum atomic E-state index is -0.928. The van der Waals surface area contributed by atoms with Crippen molar-refractivity contribution in [1.82, 2.24) is 10.6 Å². The molecule has 1 unspecified atom stereocenters. The van der Waals surface area contributed by atoms with Gasteiger partial charge in [0.25, 0.3) is 0 Å². The van der Waals surface area contributed by atoms with Crippen LogP contribution in [0.5, 0.6) is 0 Å². The van der Waals surface area contributed by atoms with Crippen molar-refractivity contribution < 1.29 is 19.4 Å². The standard InChI is InChI=1S/C10H20N2O4/c1-3-4-8(7-16-2)12-10(15)11-6-5-9(13)14/h8H,3-7H2,1-2H3,(H,13,14)(H2,11,12,15). The van der Waals surface area contributed by atoms with E-state index in [0.29, 0.717) is 6.61 Å². The average molecular weight is 232 g/mol. The third kappa shape index (κ3) is 8.05. The maximum atomic E-state index is 11.3. The summed E-state index contributed by atoms with van der Waals surface area (Å²) in [4.78, 5) is 21.5. The molecule has 1 atom stereocenters. The first-order chi connectivity index (χ1) is 7.60. The molecular formula is C10H20N2O4. The van der Waals surface area contributed by atoms with Crippen molar-refractivity contribution >= 4 is 12.0 Å². The van der Waals surface area contributed by atoms with Gasteiger partial charge < -0.3 is 20.5 Å². The van der Waals surface area contributed by atoms with Crippen LogP contribution in [-0.4, -0.2) is 43.4 Å². The first-order valence-corrected chi connectivity index (χ1v) is 5.35. The molecule has 6 nitrogen and oxygen atoms in total. The Morgan fingerprint density at radius 1 is 1.44 bits per heavy atom.